The van der Waals surface area contributed by atoms with Crippen LogP contribution in [0.15, 0.2) is 54.2 Å². The Bertz CT molecular complexity index is 909. The van der Waals surface area contributed by atoms with Gasteiger partial charge in [-0.25, -0.2) is 4.79 Å². The third kappa shape index (κ3) is 3.08. The molecule has 1 atom stereocenters. The highest BCUT2D eigenvalue weighted by molar-refractivity contribution is 7.13. The van der Waals surface area contributed by atoms with Crippen molar-refractivity contribution >= 4 is 23.0 Å². The number of benzene rings is 1. The number of ether oxygens (including phenoxy) is 1. The van der Waals surface area contributed by atoms with E-state index in [0.717, 1.165) is 16.9 Å². The smallest absolute Gasteiger partial charge is 0.337 e. The fraction of sp³-hybridized carbons (Fsp3) is 0.158. The average molecular weight is 352 g/mol. The van der Waals surface area contributed by atoms with Gasteiger partial charge in [0.2, 0.25) is 0 Å². The topological polar surface area (TPSA) is 71.5 Å². The van der Waals surface area contributed by atoms with E-state index in [9.17, 15) is 9.90 Å². The fourth-order valence-electron chi connectivity index (χ4n) is 3.00. The van der Waals surface area contributed by atoms with Crippen LogP contribution in [0.25, 0.3) is 10.4 Å². The van der Waals surface area contributed by atoms with E-state index in [1.54, 1.807) is 17.5 Å². The maximum atomic E-state index is 11.3. The second kappa shape index (κ2) is 6.57. The molecule has 1 aliphatic rings. The third-order valence-corrected chi connectivity index (χ3v) is 5.21. The molecule has 0 aliphatic carbocycles. The van der Waals surface area contributed by atoms with Crippen LogP contribution < -0.4 is 10.1 Å². The molecule has 0 amide bonds. The van der Waals surface area contributed by atoms with Crippen molar-refractivity contribution < 1.29 is 14.6 Å². The van der Waals surface area contributed by atoms with Gasteiger partial charge in [0.05, 0.1) is 24.1 Å². The minimum atomic E-state index is -0.964. The first-order chi connectivity index (χ1) is 12.2. The van der Waals surface area contributed by atoms with Gasteiger partial charge in [-0.05, 0) is 29.1 Å². The molecule has 3 aromatic rings. The standard InChI is InChI=1S/C19H16N2O3S/c22-19(23)15-5-6-20-10-16(15)21-9-13-11-24-17-8-12(3-4-14(13)17)18-2-1-7-25-18/h1-8,10,13,21H,9,11H2,(H,22,23)/t13-/m0/s1. The van der Waals surface area contributed by atoms with Crippen molar-refractivity contribution in [3.05, 3.63) is 65.3 Å². The summed E-state index contributed by atoms with van der Waals surface area (Å²) in [5.74, 6) is 0.116. The molecule has 0 unspecified atom stereocenters. The van der Waals surface area contributed by atoms with E-state index in [-0.39, 0.29) is 11.5 Å². The molecule has 1 aliphatic heterocycles. The van der Waals surface area contributed by atoms with Crippen molar-refractivity contribution in [2.45, 2.75) is 5.92 Å². The number of anilines is 1. The number of nitrogens with one attached hydrogen (secondary N) is 1. The van der Waals surface area contributed by atoms with Crippen LogP contribution in [0.4, 0.5) is 5.69 Å². The Balaban J connectivity index is 1.51. The lowest BCUT2D eigenvalue weighted by molar-refractivity contribution is 0.0698. The number of aromatic carboxylic acids is 1. The Morgan fingerprint density at radius 3 is 3.08 bits per heavy atom. The van der Waals surface area contributed by atoms with Crippen molar-refractivity contribution in [2.75, 3.05) is 18.5 Å². The summed E-state index contributed by atoms with van der Waals surface area (Å²) in [7, 11) is 0. The van der Waals surface area contributed by atoms with Gasteiger partial charge in [0.1, 0.15) is 5.75 Å². The first kappa shape index (κ1) is 15.7. The molecule has 0 saturated heterocycles. The first-order valence-electron chi connectivity index (χ1n) is 7.94. The SMILES string of the molecule is O=C(O)c1ccncc1NC[C@H]1COc2cc(-c3cccs3)ccc21. The predicted octanol–water partition coefficient (Wildman–Crippen LogP) is 4.10. The Kier molecular flexibility index (Phi) is 4.11. The van der Waals surface area contributed by atoms with Crippen LogP contribution in [0, 0.1) is 0 Å². The Hall–Kier alpha value is -2.86. The molecule has 25 heavy (non-hydrogen) atoms. The Morgan fingerprint density at radius 1 is 1.36 bits per heavy atom. The van der Waals surface area contributed by atoms with Gasteiger partial charge in [0.15, 0.2) is 0 Å². The van der Waals surface area contributed by atoms with Gasteiger partial charge in [0.25, 0.3) is 0 Å². The molecule has 4 rings (SSSR count). The number of carbonyl (C=O) groups is 1. The lowest BCUT2D eigenvalue weighted by Crippen LogP contribution is -2.16. The number of carboxylic acid groups (broad SMARTS) is 1. The predicted molar refractivity (Wildman–Crippen MR) is 97.7 cm³/mol. The van der Waals surface area contributed by atoms with Crippen molar-refractivity contribution in [3.8, 4) is 16.2 Å². The number of carboxylic acids is 1. The van der Waals surface area contributed by atoms with Crippen LogP contribution in [0.1, 0.15) is 21.8 Å². The number of nitrogens with zero attached hydrogens (tertiary/aromatic N) is 1. The molecular weight excluding hydrogens is 336 g/mol. The second-order valence-electron chi connectivity index (χ2n) is 5.85. The summed E-state index contributed by atoms with van der Waals surface area (Å²) in [5, 5.41) is 14.5. The third-order valence-electron chi connectivity index (χ3n) is 4.29. The van der Waals surface area contributed by atoms with Crippen molar-refractivity contribution in [1.82, 2.24) is 4.98 Å². The van der Waals surface area contributed by atoms with Gasteiger partial charge < -0.3 is 15.2 Å². The zero-order valence-electron chi connectivity index (χ0n) is 13.3. The zero-order chi connectivity index (χ0) is 17.2. The molecule has 2 aromatic heterocycles. The number of aromatic nitrogens is 1. The summed E-state index contributed by atoms with van der Waals surface area (Å²) in [6.45, 7) is 1.18. The highest BCUT2D eigenvalue weighted by Gasteiger charge is 2.25. The average Bonchev–Trinajstić information content (AvgIpc) is 3.29. The molecule has 5 nitrogen and oxygen atoms in total. The van der Waals surface area contributed by atoms with Gasteiger partial charge >= 0.3 is 5.97 Å². The molecule has 6 heteroatoms. The van der Waals surface area contributed by atoms with Gasteiger partial charge in [0, 0.05) is 29.1 Å². The van der Waals surface area contributed by atoms with Crippen LogP contribution in [0.5, 0.6) is 5.75 Å². The fourth-order valence-corrected chi connectivity index (χ4v) is 3.72. The van der Waals surface area contributed by atoms with Crippen LogP contribution in [0.3, 0.4) is 0 Å². The van der Waals surface area contributed by atoms with E-state index in [1.807, 2.05) is 6.07 Å². The van der Waals surface area contributed by atoms with Crippen molar-refractivity contribution in [2.24, 2.45) is 0 Å². The molecule has 0 bridgehead atoms. The summed E-state index contributed by atoms with van der Waals surface area (Å²) in [4.78, 5) is 16.5. The summed E-state index contributed by atoms with van der Waals surface area (Å²) in [6, 6.07) is 11.9. The summed E-state index contributed by atoms with van der Waals surface area (Å²) >= 11 is 1.70. The van der Waals surface area contributed by atoms with E-state index < -0.39 is 5.97 Å². The van der Waals surface area contributed by atoms with Crippen molar-refractivity contribution in [3.63, 3.8) is 0 Å². The number of pyridine rings is 1. The Morgan fingerprint density at radius 2 is 2.28 bits per heavy atom. The lowest BCUT2D eigenvalue weighted by Gasteiger charge is -2.13. The minimum absolute atomic E-state index is 0.175. The molecule has 0 radical (unpaired) electrons. The van der Waals surface area contributed by atoms with E-state index in [4.69, 9.17) is 4.74 Å². The zero-order valence-corrected chi connectivity index (χ0v) is 14.1. The lowest BCUT2D eigenvalue weighted by atomic mass is 9.99. The number of hydrogen-bond acceptors (Lipinski definition) is 5. The quantitative estimate of drug-likeness (QED) is 0.723. The summed E-state index contributed by atoms with van der Waals surface area (Å²) in [5.41, 5.74) is 3.05. The van der Waals surface area contributed by atoms with E-state index in [0.29, 0.717) is 18.8 Å². The van der Waals surface area contributed by atoms with E-state index >= 15 is 0 Å². The minimum Gasteiger partial charge on any atom is -0.493 e. The maximum absolute atomic E-state index is 11.3. The normalized spacial score (nSPS) is 15.4. The molecule has 126 valence electrons. The van der Waals surface area contributed by atoms with Gasteiger partial charge in [-0.15, -0.1) is 11.3 Å². The monoisotopic (exact) mass is 352 g/mol. The molecule has 3 heterocycles. The number of thiophene rings is 1. The van der Waals surface area contributed by atoms with Gasteiger partial charge in [-0.3, -0.25) is 4.98 Å². The van der Waals surface area contributed by atoms with Crippen LogP contribution >= 0.6 is 11.3 Å². The number of hydrogen-bond donors (Lipinski definition) is 2. The van der Waals surface area contributed by atoms with Crippen LogP contribution in [0.2, 0.25) is 0 Å². The molecule has 0 spiro atoms. The van der Waals surface area contributed by atoms with Crippen molar-refractivity contribution in [1.29, 1.82) is 0 Å². The van der Waals surface area contributed by atoms with Gasteiger partial charge in [-0.1, -0.05) is 18.2 Å². The number of rotatable bonds is 5. The number of fused-ring (bicyclic) bond motifs is 1. The second-order valence-corrected chi connectivity index (χ2v) is 6.79. The van der Waals surface area contributed by atoms with Crippen LogP contribution in [-0.4, -0.2) is 29.2 Å². The largest absolute Gasteiger partial charge is 0.493 e. The van der Waals surface area contributed by atoms with Crippen LogP contribution in [-0.2, 0) is 0 Å². The molecular formula is C19H16N2O3S. The van der Waals surface area contributed by atoms with E-state index in [1.165, 1.54) is 17.1 Å². The van der Waals surface area contributed by atoms with E-state index in [2.05, 4.69) is 39.9 Å². The summed E-state index contributed by atoms with van der Waals surface area (Å²) < 4.78 is 5.85. The van der Waals surface area contributed by atoms with Gasteiger partial charge in [-0.2, -0.15) is 0 Å². The maximum Gasteiger partial charge on any atom is 0.337 e. The molecule has 0 fully saturated rings. The highest BCUT2D eigenvalue weighted by atomic mass is 32.1. The molecule has 0 saturated carbocycles. The molecule has 2 N–H and O–H groups in total. The highest BCUT2D eigenvalue weighted by Crippen LogP contribution is 2.38. The first-order valence-corrected chi connectivity index (χ1v) is 8.82. The molecule has 1 aromatic carbocycles. The summed E-state index contributed by atoms with van der Waals surface area (Å²) in [6.07, 6.45) is 3.02. The Labute approximate surface area is 148 Å².